The Bertz CT molecular complexity index is 515. The van der Waals surface area contributed by atoms with Gasteiger partial charge in [0.25, 0.3) is 0 Å². The van der Waals surface area contributed by atoms with Gasteiger partial charge in [0.05, 0.1) is 23.8 Å². The van der Waals surface area contributed by atoms with E-state index in [1.807, 2.05) is 27.7 Å². The topological polar surface area (TPSA) is 41.9 Å². The lowest BCUT2D eigenvalue weighted by Crippen LogP contribution is -2.35. The van der Waals surface area contributed by atoms with Gasteiger partial charge in [-0.3, -0.25) is 4.90 Å². The molecule has 0 unspecified atom stereocenters. The highest BCUT2D eigenvalue weighted by Gasteiger charge is 2.29. The van der Waals surface area contributed by atoms with Crippen LogP contribution < -0.4 is 0 Å². The molecular weight excluding hydrogens is 364 g/mol. The fourth-order valence-electron chi connectivity index (χ4n) is 1.80. The molecule has 1 aliphatic rings. The average molecular weight is 387 g/mol. The number of terminal acetylenes is 1. The molecule has 0 N–H and O–H groups in total. The third kappa shape index (κ3) is 6.45. The van der Waals surface area contributed by atoms with Gasteiger partial charge in [-0.05, 0) is 39.9 Å². The molecule has 0 fully saturated rings. The Morgan fingerprint density at radius 1 is 1.50 bits per heavy atom. The van der Waals surface area contributed by atoms with Crippen molar-refractivity contribution in [2.24, 2.45) is 4.99 Å². The quantitative estimate of drug-likeness (QED) is 0.240. The Kier molecular flexibility index (Phi) is 7.51. The Hall–Kier alpha value is -0.930. The average Bonchev–Trinajstić information content (AvgIpc) is 2.80. The Morgan fingerprint density at radius 3 is 2.73 bits per heavy atom. The first kappa shape index (κ1) is 19.1. The van der Waals surface area contributed by atoms with E-state index in [0.29, 0.717) is 13.1 Å². The van der Waals surface area contributed by atoms with E-state index in [9.17, 15) is 4.79 Å². The molecule has 1 rings (SSSR count). The monoisotopic (exact) mass is 386 g/mol. The van der Waals surface area contributed by atoms with Crippen LogP contribution in [0.2, 0.25) is 0 Å². The third-order valence-electron chi connectivity index (χ3n) is 2.75. The van der Waals surface area contributed by atoms with Crippen LogP contribution in [-0.2, 0) is 4.74 Å². The third-order valence-corrected chi connectivity index (χ3v) is 4.31. The van der Waals surface area contributed by atoms with Crippen molar-refractivity contribution >= 4 is 38.8 Å². The molecule has 0 spiro atoms. The van der Waals surface area contributed by atoms with Gasteiger partial charge in [-0.25, -0.2) is 9.79 Å². The summed E-state index contributed by atoms with van der Waals surface area (Å²) in [7, 11) is 0. The molecule has 122 valence electrons. The number of ether oxygens (including phenoxy) is 1. The number of aliphatic imine (C=N–C) groups is 1. The highest BCUT2D eigenvalue weighted by molar-refractivity contribution is 9.09. The van der Waals surface area contributed by atoms with E-state index in [-0.39, 0.29) is 6.09 Å². The molecular formula is C16H23BrN2O2S. The minimum Gasteiger partial charge on any atom is -0.444 e. The lowest BCUT2D eigenvalue weighted by Gasteiger charge is -2.24. The molecule has 0 atom stereocenters. The van der Waals surface area contributed by atoms with Crippen LogP contribution in [0.15, 0.2) is 16.3 Å². The number of carbonyl (C=O) groups is 1. The summed E-state index contributed by atoms with van der Waals surface area (Å²) in [6.45, 7) is 8.31. The first-order chi connectivity index (χ1) is 10.3. The number of halogens is 1. The molecule has 22 heavy (non-hydrogen) atoms. The van der Waals surface area contributed by atoms with E-state index < -0.39 is 5.60 Å². The lowest BCUT2D eigenvalue weighted by atomic mass is 10.2. The van der Waals surface area contributed by atoms with E-state index in [1.165, 1.54) is 0 Å². The Balaban J connectivity index is 2.69. The predicted octanol–water partition coefficient (Wildman–Crippen LogP) is 4.06. The second-order valence-corrected chi connectivity index (χ2v) is 8.01. The van der Waals surface area contributed by atoms with Gasteiger partial charge in [0.15, 0.2) is 0 Å². The van der Waals surface area contributed by atoms with Crippen LogP contribution in [-0.4, -0.2) is 45.8 Å². The van der Waals surface area contributed by atoms with Gasteiger partial charge in [0.2, 0.25) is 0 Å². The van der Waals surface area contributed by atoms with E-state index in [0.717, 1.165) is 33.8 Å². The van der Waals surface area contributed by atoms with Crippen molar-refractivity contribution in [3.8, 4) is 12.3 Å². The van der Waals surface area contributed by atoms with Crippen molar-refractivity contribution in [1.82, 2.24) is 4.90 Å². The summed E-state index contributed by atoms with van der Waals surface area (Å²) in [4.78, 5) is 18.3. The summed E-state index contributed by atoms with van der Waals surface area (Å²) >= 11 is 5.11. The summed E-state index contributed by atoms with van der Waals surface area (Å²) < 4.78 is 5.38. The van der Waals surface area contributed by atoms with Crippen LogP contribution >= 0.6 is 27.7 Å². The zero-order chi connectivity index (χ0) is 16.8. The highest BCUT2D eigenvalue weighted by Crippen LogP contribution is 2.22. The van der Waals surface area contributed by atoms with Gasteiger partial charge < -0.3 is 4.74 Å². The molecule has 0 saturated carbocycles. The maximum atomic E-state index is 12.1. The van der Waals surface area contributed by atoms with E-state index >= 15 is 0 Å². The molecule has 0 aromatic carbocycles. The molecule has 0 saturated heterocycles. The summed E-state index contributed by atoms with van der Waals surface area (Å²) in [5.74, 6) is 3.65. The van der Waals surface area contributed by atoms with Crippen molar-refractivity contribution in [2.45, 2.75) is 39.7 Å². The first-order valence-electron chi connectivity index (χ1n) is 7.17. The van der Waals surface area contributed by atoms with Crippen molar-refractivity contribution in [3.05, 3.63) is 11.3 Å². The van der Waals surface area contributed by atoms with Crippen LogP contribution in [0.3, 0.4) is 0 Å². The van der Waals surface area contributed by atoms with Gasteiger partial charge in [-0.15, -0.1) is 18.2 Å². The van der Waals surface area contributed by atoms with Gasteiger partial charge in [-0.2, -0.15) is 0 Å². The number of thioether (sulfide) groups is 1. The lowest BCUT2D eigenvalue weighted by molar-refractivity contribution is 0.0300. The summed E-state index contributed by atoms with van der Waals surface area (Å²) in [5, 5.41) is 1.95. The van der Waals surface area contributed by atoms with E-state index in [2.05, 4.69) is 26.8 Å². The van der Waals surface area contributed by atoms with Crippen molar-refractivity contribution < 1.29 is 9.53 Å². The molecule has 1 aliphatic heterocycles. The number of nitrogens with zero attached hydrogens (tertiary/aromatic N) is 2. The van der Waals surface area contributed by atoms with E-state index in [4.69, 9.17) is 11.2 Å². The van der Waals surface area contributed by atoms with Crippen LogP contribution in [0, 0.1) is 12.3 Å². The van der Waals surface area contributed by atoms with Crippen LogP contribution in [0.1, 0.15) is 34.1 Å². The predicted molar refractivity (Wildman–Crippen MR) is 97.6 cm³/mol. The van der Waals surface area contributed by atoms with Gasteiger partial charge in [0, 0.05) is 10.9 Å². The molecule has 0 bridgehead atoms. The summed E-state index contributed by atoms with van der Waals surface area (Å²) in [6, 6.07) is 0. The molecule has 1 amide bonds. The standard InChI is InChI=1S/C16H23BrN2O2S/c1-6-13-10-19(15(20)21-16(3,4)5)11-14(13)18-12(2)22-9-7-8-17/h1H,7-11H2,2-5H3. The van der Waals surface area contributed by atoms with Gasteiger partial charge in [-0.1, -0.05) is 21.9 Å². The fourth-order valence-corrected chi connectivity index (χ4v) is 3.21. The Morgan fingerprint density at radius 2 is 2.18 bits per heavy atom. The summed E-state index contributed by atoms with van der Waals surface area (Å²) in [6.07, 6.45) is 6.28. The molecule has 0 aromatic rings. The van der Waals surface area contributed by atoms with Crippen molar-refractivity contribution in [1.29, 1.82) is 0 Å². The minimum atomic E-state index is -0.513. The number of hydrogen-bond donors (Lipinski definition) is 0. The second kappa shape index (κ2) is 8.64. The maximum absolute atomic E-state index is 12.1. The molecule has 0 aliphatic carbocycles. The zero-order valence-corrected chi connectivity index (χ0v) is 16.0. The van der Waals surface area contributed by atoms with Crippen LogP contribution in [0.4, 0.5) is 4.79 Å². The molecule has 1 heterocycles. The van der Waals surface area contributed by atoms with E-state index in [1.54, 1.807) is 16.7 Å². The highest BCUT2D eigenvalue weighted by atomic mass is 79.9. The van der Waals surface area contributed by atoms with Crippen molar-refractivity contribution in [3.63, 3.8) is 0 Å². The maximum Gasteiger partial charge on any atom is 0.410 e. The number of alkyl halides is 1. The largest absolute Gasteiger partial charge is 0.444 e. The van der Waals surface area contributed by atoms with Gasteiger partial charge >= 0.3 is 6.09 Å². The van der Waals surface area contributed by atoms with Crippen LogP contribution in [0.25, 0.3) is 0 Å². The number of rotatable bonds is 4. The number of amides is 1. The minimum absolute atomic E-state index is 0.352. The smallest absolute Gasteiger partial charge is 0.410 e. The SMILES string of the molecule is C#CC1=C(N=C(C)SCCCBr)CN(C(=O)OC(C)(C)C)C1. The van der Waals surface area contributed by atoms with Gasteiger partial charge in [0.1, 0.15) is 5.60 Å². The first-order valence-corrected chi connectivity index (χ1v) is 9.28. The fraction of sp³-hybridized carbons (Fsp3) is 0.625. The number of carbonyl (C=O) groups excluding carboxylic acids is 1. The molecule has 6 heteroatoms. The normalized spacial score (nSPS) is 16.0. The molecule has 4 nitrogen and oxygen atoms in total. The number of hydrogen-bond acceptors (Lipinski definition) is 4. The zero-order valence-electron chi connectivity index (χ0n) is 13.6. The molecule has 0 radical (unpaired) electrons. The molecule has 0 aromatic heterocycles. The van der Waals surface area contributed by atoms with Crippen LogP contribution in [0.5, 0.6) is 0 Å². The summed E-state index contributed by atoms with van der Waals surface area (Å²) in [5.41, 5.74) is 1.03. The van der Waals surface area contributed by atoms with Crippen molar-refractivity contribution in [2.75, 3.05) is 24.2 Å². The Labute approximate surface area is 145 Å². The second-order valence-electron chi connectivity index (χ2n) is 5.93.